The van der Waals surface area contributed by atoms with Crippen LogP contribution < -0.4 is 10.6 Å². The SMILES string of the molecule is CC.CCc1nc(C(=O)Nc2cccc(-c3cccc(NC(=O)c4nc5c(n4C)CCN(CCc4ccc(C(=O)O)cc4)C5)c3C)c2Cl)n(C)c1CCC(C)C. The summed E-state index contributed by atoms with van der Waals surface area (Å²) in [5, 5.41) is 15.6. The summed E-state index contributed by atoms with van der Waals surface area (Å²) in [6, 6.07) is 18.2. The van der Waals surface area contributed by atoms with Crippen LogP contribution in [0.1, 0.15) is 107 Å². The second-order valence-corrected chi connectivity index (χ2v) is 14.8. The van der Waals surface area contributed by atoms with E-state index in [0.717, 1.165) is 90.2 Å². The summed E-state index contributed by atoms with van der Waals surface area (Å²) < 4.78 is 3.78. The Labute approximate surface area is 335 Å². The van der Waals surface area contributed by atoms with Gasteiger partial charge in [-0.1, -0.05) is 82.6 Å². The van der Waals surface area contributed by atoms with Gasteiger partial charge in [-0.2, -0.15) is 0 Å². The van der Waals surface area contributed by atoms with Crippen LogP contribution >= 0.6 is 11.6 Å². The molecular formula is C44H54ClN7O4. The Kier molecular flexibility index (Phi) is 13.9. The van der Waals surface area contributed by atoms with Crippen LogP contribution in [0, 0.1) is 12.8 Å². The molecule has 296 valence electrons. The standard InChI is InChI=1S/C42H48ClN7O4.C2H6/c1-7-31-35(19-14-25(2)3)48(5)38(44-31)41(52)47-33-13-9-11-30(37(33)43)29-10-8-12-32(26(29)4)46-40(51)39-45-34-24-50(23-21-36(34)49(39)6)22-20-27-15-17-28(18-16-27)42(53)54;1-2/h8-13,15-18,25H,7,14,19-24H2,1-6H3,(H,46,51)(H,47,52)(H,53,54);1-2H3. The highest BCUT2D eigenvalue weighted by molar-refractivity contribution is 6.36. The first-order valence-corrected chi connectivity index (χ1v) is 19.9. The number of rotatable bonds is 13. The van der Waals surface area contributed by atoms with Crippen molar-refractivity contribution in [3.05, 3.63) is 117 Å². The van der Waals surface area contributed by atoms with Crippen molar-refractivity contribution in [1.82, 2.24) is 24.0 Å². The fourth-order valence-corrected chi connectivity index (χ4v) is 7.42. The highest BCUT2D eigenvalue weighted by Gasteiger charge is 2.26. The Hall–Kier alpha value is -5.26. The lowest BCUT2D eigenvalue weighted by atomic mass is 9.98. The Morgan fingerprint density at radius 3 is 2.12 bits per heavy atom. The van der Waals surface area contributed by atoms with E-state index in [1.807, 2.05) is 86.5 Å². The molecule has 3 aromatic carbocycles. The summed E-state index contributed by atoms with van der Waals surface area (Å²) in [7, 11) is 3.77. The van der Waals surface area contributed by atoms with Crippen molar-refractivity contribution in [2.75, 3.05) is 23.7 Å². The number of amides is 2. The monoisotopic (exact) mass is 779 g/mol. The average molecular weight is 780 g/mol. The number of carbonyl (C=O) groups excluding carboxylic acids is 2. The van der Waals surface area contributed by atoms with Crippen LogP contribution in [0.5, 0.6) is 0 Å². The number of anilines is 2. The first-order chi connectivity index (χ1) is 26.9. The van der Waals surface area contributed by atoms with Crippen molar-refractivity contribution in [3.63, 3.8) is 0 Å². The molecule has 6 rings (SSSR count). The predicted octanol–water partition coefficient (Wildman–Crippen LogP) is 8.76. The molecule has 0 saturated heterocycles. The molecule has 1 aliphatic heterocycles. The van der Waals surface area contributed by atoms with Crippen LogP contribution in [0.25, 0.3) is 11.1 Å². The van der Waals surface area contributed by atoms with Gasteiger partial charge in [-0.15, -0.1) is 0 Å². The van der Waals surface area contributed by atoms with Crippen LogP contribution in [0.3, 0.4) is 0 Å². The molecular weight excluding hydrogens is 726 g/mol. The Morgan fingerprint density at radius 1 is 0.857 bits per heavy atom. The summed E-state index contributed by atoms with van der Waals surface area (Å²) in [4.78, 5) is 50.2. The van der Waals surface area contributed by atoms with Gasteiger partial charge in [-0.3, -0.25) is 14.5 Å². The largest absolute Gasteiger partial charge is 0.478 e. The fraction of sp³-hybridized carbons (Fsp3) is 0.386. The zero-order valence-electron chi connectivity index (χ0n) is 33.8. The molecule has 0 radical (unpaired) electrons. The molecule has 2 amide bonds. The van der Waals surface area contributed by atoms with Crippen LogP contribution in [-0.4, -0.2) is 60.0 Å². The van der Waals surface area contributed by atoms with Gasteiger partial charge in [0.2, 0.25) is 0 Å². The minimum Gasteiger partial charge on any atom is -0.478 e. The van der Waals surface area contributed by atoms with Gasteiger partial charge in [0.15, 0.2) is 11.6 Å². The topological polar surface area (TPSA) is 134 Å². The number of halogens is 1. The number of aromatic nitrogens is 4. The summed E-state index contributed by atoms with van der Waals surface area (Å²) in [6.45, 7) is 14.6. The minimum absolute atomic E-state index is 0.277. The van der Waals surface area contributed by atoms with E-state index in [2.05, 4.69) is 36.3 Å². The first-order valence-electron chi connectivity index (χ1n) is 19.5. The molecule has 56 heavy (non-hydrogen) atoms. The molecule has 0 saturated carbocycles. The average Bonchev–Trinajstić information content (AvgIpc) is 3.70. The smallest absolute Gasteiger partial charge is 0.335 e. The minimum atomic E-state index is -0.933. The van der Waals surface area contributed by atoms with Crippen LogP contribution in [0.15, 0.2) is 60.7 Å². The van der Waals surface area contributed by atoms with E-state index in [1.54, 1.807) is 18.2 Å². The van der Waals surface area contributed by atoms with Crippen molar-refractivity contribution in [1.29, 1.82) is 0 Å². The number of hydrogen-bond acceptors (Lipinski definition) is 6. The number of aryl methyl sites for hydroxylation is 1. The quantitative estimate of drug-likeness (QED) is 0.109. The maximum atomic E-state index is 13.7. The van der Waals surface area contributed by atoms with E-state index < -0.39 is 5.97 Å². The third-order valence-corrected chi connectivity index (χ3v) is 10.8. The molecule has 0 spiro atoms. The van der Waals surface area contributed by atoms with Crippen molar-refractivity contribution in [2.45, 2.75) is 80.2 Å². The highest BCUT2D eigenvalue weighted by Crippen LogP contribution is 2.38. The zero-order valence-corrected chi connectivity index (χ0v) is 34.5. The van der Waals surface area contributed by atoms with E-state index in [9.17, 15) is 19.5 Å². The van der Waals surface area contributed by atoms with Gasteiger partial charge in [0, 0.05) is 62.8 Å². The number of carboxylic acid groups (broad SMARTS) is 1. The van der Waals surface area contributed by atoms with Gasteiger partial charge in [0.25, 0.3) is 11.8 Å². The van der Waals surface area contributed by atoms with Gasteiger partial charge < -0.3 is 24.9 Å². The number of carbonyl (C=O) groups is 3. The number of aromatic carboxylic acids is 1. The van der Waals surface area contributed by atoms with E-state index in [1.165, 1.54) is 0 Å². The Bertz CT molecular complexity index is 2200. The molecule has 3 heterocycles. The second-order valence-electron chi connectivity index (χ2n) is 14.4. The molecule has 2 aromatic heterocycles. The first kappa shape index (κ1) is 41.9. The van der Waals surface area contributed by atoms with Crippen molar-refractivity contribution in [3.8, 4) is 11.1 Å². The molecule has 11 nitrogen and oxygen atoms in total. The molecule has 0 fully saturated rings. The molecule has 12 heteroatoms. The van der Waals surface area contributed by atoms with E-state index in [0.29, 0.717) is 40.5 Å². The molecule has 1 aliphatic rings. The van der Waals surface area contributed by atoms with Gasteiger partial charge in [-0.25, -0.2) is 14.8 Å². The summed E-state index contributed by atoms with van der Waals surface area (Å²) in [5.74, 6) is -0.333. The van der Waals surface area contributed by atoms with Gasteiger partial charge >= 0.3 is 5.97 Å². The number of fused-ring (bicyclic) bond motifs is 1. The molecule has 0 unspecified atom stereocenters. The van der Waals surface area contributed by atoms with Crippen molar-refractivity contribution in [2.24, 2.45) is 20.0 Å². The van der Waals surface area contributed by atoms with Gasteiger partial charge in [-0.05, 0) is 79.5 Å². The third-order valence-electron chi connectivity index (χ3n) is 10.4. The van der Waals surface area contributed by atoms with Crippen molar-refractivity contribution < 1.29 is 19.5 Å². The molecule has 0 bridgehead atoms. The Balaban J connectivity index is 0.00000295. The zero-order chi connectivity index (χ0) is 40.7. The molecule has 5 aromatic rings. The number of nitrogens with one attached hydrogen (secondary N) is 2. The highest BCUT2D eigenvalue weighted by atomic mass is 35.5. The van der Waals surface area contributed by atoms with Crippen LogP contribution in [0.4, 0.5) is 11.4 Å². The number of carboxylic acids is 1. The van der Waals surface area contributed by atoms with Gasteiger partial charge in [0.1, 0.15) is 0 Å². The van der Waals surface area contributed by atoms with Crippen molar-refractivity contribution >= 4 is 40.8 Å². The maximum absolute atomic E-state index is 13.7. The second kappa shape index (κ2) is 18.6. The van der Waals surface area contributed by atoms with Crippen LogP contribution in [-0.2, 0) is 46.3 Å². The Morgan fingerprint density at radius 2 is 1.48 bits per heavy atom. The summed E-state index contributed by atoms with van der Waals surface area (Å²) in [6.07, 6.45) is 4.17. The van der Waals surface area contributed by atoms with Crippen LogP contribution in [0.2, 0.25) is 5.02 Å². The van der Waals surface area contributed by atoms with E-state index in [-0.39, 0.29) is 17.4 Å². The normalized spacial score (nSPS) is 12.5. The number of imidazole rings is 2. The third kappa shape index (κ3) is 9.22. The summed E-state index contributed by atoms with van der Waals surface area (Å²) >= 11 is 6.99. The number of nitrogens with zero attached hydrogens (tertiary/aromatic N) is 5. The molecule has 0 atom stereocenters. The maximum Gasteiger partial charge on any atom is 0.335 e. The lowest BCUT2D eigenvalue weighted by molar-refractivity contribution is 0.0696. The molecule has 3 N–H and O–H groups in total. The number of benzene rings is 3. The fourth-order valence-electron chi connectivity index (χ4n) is 7.15. The lowest BCUT2D eigenvalue weighted by Gasteiger charge is -2.26. The molecule has 0 aliphatic carbocycles. The van der Waals surface area contributed by atoms with E-state index >= 15 is 0 Å². The van der Waals surface area contributed by atoms with E-state index in [4.69, 9.17) is 21.6 Å². The predicted molar refractivity (Wildman–Crippen MR) is 224 cm³/mol. The lowest BCUT2D eigenvalue weighted by Crippen LogP contribution is -2.32. The van der Waals surface area contributed by atoms with Gasteiger partial charge in [0.05, 0.1) is 27.7 Å². The number of hydrogen-bond donors (Lipinski definition) is 3. The summed E-state index contributed by atoms with van der Waals surface area (Å²) in [5.41, 5.74) is 8.77.